The molecule has 0 amide bonds. The molecule has 2 rings (SSSR count). The topological polar surface area (TPSA) is 55.3 Å². The summed E-state index contributed by atoms with van der Waals surface area (Å²) in [6.07, 6.45) is 0. The average molecular weight is 251 g/mol. The molecule has 2 heterocycles. The normalized spacial score (nSPS) is 11.3. The summed E-state index contributed by atoms with van der Waals surface area (Å²) < 4.78 is 5.56. The lowest BCUT2D eigenvalue weighted by molar-refractivity contribution is 0.281. The van der Waals surface area contributed by atoms with Crippen LogP contribution < -0.4 is 5.73 Å². The predicted octanol–water partition coefficient (Wildman–Crippen LogP) is 2.14. The molecule has 4 nitrogen and oxygen atoms in total. The lowest BCUT2D eigenvalue weighted by Crippen LogP contribution is -2.17. The van der Waals surface area contributed by atoms with E-state index in [0.29, 0.717) is 6.54 Å². The van der Waals surface area contributed by atoms with Crippen molar-refractivity contribution in [2.45, 2.75) is 26.6 Å². The third kappa shape index (κ3) is 3.39. The molecule has 0 aliphatic carbocycles. The molecule has 0 unspecified atom stereocenters. The second kappa shape index (κ2) is 5.44. The van der Waals surface area contributed by atoms with Gasteiger partial charge in [0.25, 0.3) is 0 Å². The highest BCUT2D eigenvalue weighted by molar-refractivity contribution is 7.09. The van der Waals surface area contributed by atoms with E-state index in [1.165, 1.54) is 0 Å². The third-order valence-electron chi connectivity index (χ3n) is 2.44. The lowest BCUT2D eigenvalue weighted by atomic mass is 10.3. The van der Waals surface area contributed by atoms with Crippen molar-refractivity contribution < 1.29 is 4.42 Å². The highest BCUT2D eigenvalue weighted by atomic mass is 32.1. The van der Waals surface area contributed by atoms with E-state index in [9.17, 15) is 0 Å². The molecule has 0 radical (unpaired) electrons. The van der Waals surface area contributed by atoms with Gasteiger partial charge in [-0.05, 0) is 26.1 Å². The van der Waals surface area contributed by atoms with Gasteiger partial charge in [0.2, 0.25) is 0 Å². The summed E-state index contributed by atoms with van der Waals surface area (Å²) in [6.45, 7) is 4.09. The van der Waals surface area contributed by atoms with Gasteiger partial charge in [-0.25, -0.2) is 4.98 Å². The van der Waals surface area contributed by atoms with Crippen molar-refractivity contribution in [3.05, 3.63) is 39.7 Å². The zero-order valence-electron chi connectivity index (χ0n) is 10.1. The number of thiazole rings is 1. The number of nitrogens with zero attached hydrogens (tertiary/aromatic N) is 2. The van der Waals surface area contributed by atoms with Crippen LogP contribution in [0.1, 0.15) is 22.2 Å². The van der Waals surface area contributed by atoms with Crippen LogP contribution in [0.3, 0.4) is 0 Å². The van der Waals surface area contributed by atoms with E-state index in [4.69, 9.17) is 10.2 Å². The van der Waals surface area contributed by atoms with Crippen LogP contribution in [0, 0.1) is 6.92 Å². The van der Waals surface area contributed by atoms with Crippen molar-refractivity contribution in [3.63, 3.8) is 0 Å². The Balaban J connectivity index is 1.90. The maximum Gasteiger partial charge on any atom is 0.118 e. The van der Waals surface area contributed by atoms with Crippen LogP contribution in [0.25, 0.3) is 0 Å². The Morgan fingerprint density at radius 3 is 2.71 bits per heavy atom. The van der Waals surface area contributed by atoms with Gasteiger partial charge in [-0.15, -0.1) is 11.3 Å². The highest BCUT2D eigenvalue weighted by Crippen LogP contribution is 2.13. The van der Waals surface area contributed by atoms with E-state index in [-0.39, 0.29) is 0 Å². The van der Waals surface area contributed by atoms with E-state index >= 15 is 0 Å². The molecule has 0 fully saturated rings. The van der Waals surface area contributed by atoms with Gasteiger partial charge < -0.3 is 10.2 Å². The summed E-state index contributed by atoms with van der Waals surface area (Å²) in [7, 11) is 2.05. The van der Waals surface area contributed by atoms with Gasteiger partial charge in [0.05, 0.1) is 23.8 Å². The maximum atomic E-state index is 5.56. The number of aryl methyl sites for hydroxylation is 1. The zero-order valence-corrected chi connectivity index (χ0v) is 11.0. The largest absolute Gasteiger partial charge is 0.463 e. The molecule has 0 atom stereocenters. The Labute approximate surface area is 105 Å². The first kappa shape index (κ1) is 12.3. The average Bonchev–Trinajstić information content (AvgIpc) is 2.88. The van der Waals surface area contributed by atoms with Gasteiger partial charge in [-0.3, -0.25) is 4.90 Å². The SMILES string of the molecule is Cc1nc(CN(C)Cc2ccc(CN)o2)cs1. The molecular weight excluding hydrogens is 234 g/mol. The van der Waals surface area contributed by atoms with Crippen LogP contribution >= 0.6 is 11.3 Å². The first-order valence-corrected chi connectivity index (χ1v) is 6.42. The van der Waals surface area contributed by atoms with Crippen LogP contribution in [0.5, 0.6) is 0 Å². The Morgan fingerprint density at radius 2 is 2.12 bits per heavy atom. The van der Waals surface area contributed by atoms with E-state index in [0.717, 1.165) is 35.3 Å². The van der Waals surface area contributed by atoms with Gasteiger partial charge in [-0.1, -0.05) is 0 Å². The Hall–Kier alpha value is -1.17. The number of hydrogen-bond donors (Lipinski definition) is 1. The number of rotatable bonds is 5. The van der Waals surface area contributed by atoms with Gasteiger partial charge in [0.1, 0.15) is 11.5 Å². The predicted molar refractivity (Wildman–Crippen MR) is 68.6 cm³/mol. The Bertz CT molecular complexity index is 478. The van der Waals surface area contributed by atoms with E-state index < -0.39 is 0 Å². The van der Waals surface area contributed by atoms with Crippen LogP contribution in [0.15, 0.2) is 21.9 Å². The molecule has 0 saturated heterocycles. The summed E-state index contributed by atoms with van der Waals surface area (Å²) in [5.74, 6) is 1.78. The highest BCUT2D eigenvalue weighted by Gasteiger charge is 2.07. The smallest absolute Gasteiger partial charge is 0.118 e. The van der Waals surface area contributed by atoms with Crippen LogP contribution in [0.4, 0.5) is 0 Å². The minimum atomic E-state index is 0.453. The van der Waals surface area contributed by atoms with Crippen molar-refractivity contribution in [2.24, 2.45) is 5.73 Å². The fourth-order valence-corrected chi connectivity index (χ4v) is 2.30. The summed E-state index contributed by atoms with van der Waals surface area (Å²) >= 11 is 1.68. The second-order valence-corrected chi connectivity index (χ2v) is 5.16. The van der Waals surface area contributed by atoms with Crippen LogP contribution in [-0.2, 0) is 19.6 Å². The standard InChI is InChI=1S/C12H17N3OS/c1-9-14-10(8-17-9)6-15(2)7-12-4-3-11(5-13)16-12/h3-4,8H,5-7,13H2,1-2H3. The molecule has 0 spiro atoms. The minimum absolute atomic E-state index is 0.453. The summed E-state index contributed by atoms with van der Waals surface area (Å²) in [4.78, 5) is 6.61. The first-order chi connectivity index (χ1) is 8.17. The molecule has 92 valence electrons. The molecule has 2 aromatic heterocycles. The fourth-order valence-electron chi connectivity index (χ4n) is 1.70. The van der Waals surface area contributed by atoms with Crippen molar-refractivity contribution in [2.75, 3.05) is 7.05 Å². The molecule has 5 heteroatoms. The number of furan rings is 1. The maximum absolute atomic E-state index is 5.56. The molecule has 0 saturated carbocycles. The molecule has 0 bridgehead atoms. The molecule has 0 aliphatic rings. The number of nitrogens with two attached hydrogens (primary N) is 1. The summed E-state index contributed by atoms with van der Waals surface area (Å²) in [5.41, 5.74) is 6.62. The van der Waals surface area contributed by atoms with Crippen molar-refractivity contribution in [1.82, 2.24) is 9.88 Å². The summed E-state index contributed by atoms with van der Waals surface area (Å²) in [5, 5.41) is 3.20. The molecule has 17 heavy (non-hydrogen) atoms. The number of aromatic nitrogens is 1. The Morgan fingerprint density at radius 1 is 1.35 bits per heavy atom. The molecule has 2 aromatic rings. The number of hydrogen-bond acceptors (Lipinski definition) is 5. The molecular formula is C12H17N3OS. The van der Waals surface area contributed by atoms with Crippen LogP contribution in [0.2, 0.25) is 0 Å². The lowest BCUT2D eigenvalue weighted by Gasteiger charge is -2.13. The molecule has 0 aromatic carbocycles. The monoisotopic (exact) mass is 251 g/mol. The van der Waals surface area contributed by atoms with Crippen LogP contribution in [-0.4, -0.2) is 16.9 Å². The second-order valence-electron chi connectivity index (χ2n) is 4.10. The van der Waals surface area contributed by atoms with Crippen molar-refractivity contribution in [3.8, 4) is 0 Å². The van der Waals surface area contributed by atoms with E-state index in [1.54, 1.807) is 11.3 Å². The Kier molecular flexibility index (Phi) is 3.93. The van der Waals surface area contributed by atoms with E-state index in [1.807, 2.05) is 19.1 Å². The quantitative estimate of drug-likeness (QED) is 0.884. The van der Waals surface area contributed by atoms with E-state index in [2.05, 4.69) is 22.3 Å². The molecule has 2 N–H and O–H groups in total. The van der Waals surface area contributed by atoms with Gasteiger partial charge in [0, 0.05) is 11.9 Å². The summed E-state index contributed by atoms with van der Waals surface area (Å²) in [6, 6.07) is 3.90. The molecule has 0 aliphatic heterocycles. The first-order valence-electron chi connectivity index (χ1n) is 5.54. The van der Waals surface area contributed by atoms with Crippen molar-refractivity contribution >= 4 is 11.3 Å². The minimum Gasteiger partial charge on any atom is -0.463 e. The zero-order chi connectivity index (χ0) is 12.3. The van der Waals surface area contributed by atoms with Gasteiger partial charge >= 0.3 is 0 Å². The fraction of sp³-hybridized carbons (Fsp3) is 0.417. The van der Waals surface area contributed by atoms with Gasteiger partial charge in [-0.2, -0.15) is 0 Å². The third-order valence-corrected chi connectivity index (χ3v) is 3.27. The van der Waals surface area contributed by atoms with Crippen molar-refractivity contribution in [1.29, 1.82) is 0 Å². The van der Waals surface area contributed by atoms with Gasteiger partial charge in [0.15, 0.2) is 0 Å².